The van der Waals surface area contributed by atoms with Crippen molar-refractivity contribution in [2.75, 3.05) is 13.2 Å². The van der Waals surface area contributed by atoms with E-state index in [0.29, 0.717) is 5.75 Å². The van der Waals surface area contributed by atoms with Gasteiger partial charge in [0.05, 0.1) is 0 Å². The minimum Gasteiger partial charge on any atom is -0.484 e. The van der Waals surface area contributed by atoms with Crippen LogP contribution in [0.4, 0.5) is 4.39 Å². The van der Waals surface area contributed by atoms with Crippen molar-refractivity contribution in [1.82, 2.24) is 15.6 Å². The molecule has 0 aliphatic rings. The maximum absolute atomic E-state index is 13.9. The standard InChI is InChI=1S/C20H22FN3O5S/c1-4-9-22-30(27,28)18-11-15(6-8-17(18)21)20(26)24-23-19(25)12-29-16-7-5-13(2)14(3)10-16/h4-8,10-11,22H,1,9,12H2,2-3H3,(H,23,25)(H,24,26). The van der Waals surface area contributed by atoms with Gasteiger partial charge in [0, 0.05) is 12.1 Å². The van der Waals surface area contributed by atoms with Gasteiger partial charge in [-0.2, -0.15) is 0 Å². The zero-order valence-electron chi connectivity index (χ0n) is 16.5. The van der Waals surface area contributed by atoms with Crippen LogP contribution in [0.15, 0.2) is 53.9 Å². The smallest absolute Gasteiger partial charge is 0.276 e. The highest BCUT2D eigenvalue weighted by Gasteiger charge is 2.20. The highest BCUT2D eigenvalue weighted by molar-refractivity contribution is 7.89. The number of amides is 2. The van der Waals surface area contributed by atoms with Crippen LogP contribution in [0, 0.1) is 19.7 Å². The number of carbonyl (C=O) groups is 2. The largest absolute Gasteiger partial charge is 0.484 e. The minimum atomic E-state index is -4.17. The van der Waals surface area contributed by atoms with Crippen LogP contribution in [0.1, 0.15) is 21.5 Å². The highest BCUT2D eigenvalue weighted by atomic mass is 32.2. The molecule has 0 unspecified atom stereocenters. The number of hydrazine groups is 1. The Labute approximate surface area is 174 Å². The van der Waals surface area contributed by atoms with E-state index >= 15 is 0 Å². The molecule has 0 saturated heterocycles. The molecule has 0 atom stereocenters. The fraction of sp³-hybridized carbons (Fsp3) is 0.200. The van der Waals surface area contributed by atoms with Gasteiger partial charge >= 0.3 is 0 Å². The predicted molar refractivity (Wildman–Crippen MR) is 109 cm³/mol. The Kier molecular flexibility index (Phi) is 7.67. The maximum atomic E-state index is 13.9. The minimum absolute atomic E-state index is 0.102. The van der Waals surface area contributed by atoms with E-state index in [9.17, 15) is 22.4 Å². The zero-order chi connectivity index (χ0) is 22.3. The van der Waals surface area contributed by atoms with Gasteiger partial charge in [-0.25, -0.2) is 17.5 Å². The molecule has 2 aromatic carbocycles. The monoisotopic (exact) mass is 435 g/mol. The van der Waals surface area contributed by atoms with Crippen molar-refractivity contribution < 1.29 is 27.1 Å². The third kappa shape index (κ3) is 6.13. The summed E-state index contributed by atoms with van der Waals surface area (Å²) in [6.07, 6.45) is 1.29. The summed E-state index contributed by atoms with van der Waals surface area (Å²) in [6.45, 7) is 6.78. The summed E-state index contributed by atoms with van der Waals surface area (Å²) in [5, 5.41) is 0. The molecule has 160 valence electrons. The van der Waals surface area contributed by atoms with E-state index in [4.69, 9.17) is 4.74 Å². The van der Waals surface area contributed by atoms with E-state index in [1.54, 1.807) is 12.1 Å². The van der Waals surface area contributed by atoms with E-state index in [2.05, 4.69) is 22.2 Å². The van der Waals surface area contributed by atoms with Crippen molar-refractivity contribution in [3.8, 4) is 5.75 Å². The van der Waals surface area contributed by atoms with Crippen LogP contribution in [0.2, 0.25) is 0 Å². The van der Waals surface area contributed by atoms with Crippen LogP contribution in [-0.2, 0) is 14.8 Å². The van der Waals surface area contributed by atoms with Gasteiger partial charge in [-0.15, -0.1) is 6.58 Å². The average Bonchev–Trinajstić information content (AvgIpc) is 2.71. The Morgan fingerprint density at radius 3 is 2.50 bits per heavy atom. The normalized spacial score (nSPS) is 10.9. The Balaban J connectivity index is 1.97. The molecule has 0 fully saturated rings. The fourth-order valence-corrected chi connectivity index (χ4v) is 3.38. The van der Waals surface area contributed by atoms with Gasteiger partial charge in [0.25, 0.3) is 11.8 Å². The van der Waals surface area contributed by atoms with Crippen molar-refractivity contribution in [3.63, 3.8) is 0 Å². The number of rotatable bonds is 8. The molecule has 0 aliphatic carbocycles. The SMILES string of the molecule is C=CCNS(=O)(=O)c1cc(C(=O)NNC(=O)COc2ccc(C)c(C)c2)ccc1F. The number of carbonyl (C=O) groups excluding carboxylic acids is 2. The van der Waals surface area contributed by atoms with Crippen LogP contribution < -0.4 is 20.3 Å². The Morgan fingerprint density at radius 1 is 1.10 bits per heavy atom. The number of nitrogens with one attached hydrogen (secondary N) is 3. The molecule has 0 aliphatic heterocycles. The lowest BCUT2D eigenvalue weighted by molar-refractivity contribution is -0.123. The third-order valence-electron chi connectivity index (χ3n) is 4.06. The molecule has 0 radical (unpaired) electrons. The quantitative estimate of drug-likeness (QED) is 0.432. The number of hydrogen-bond donors (Lipinski definition) is 3. The van der Waals surface area contributed by atoms with Gasteiger partial charge in [0.15, 0.2) is 6.61 Å². The number of hydrogen-bond acceptors (Lipinski definition) is 5. The molecule has 30 heavy (non-hydrogen) atoms. The van der Waals surface area contributed by atoms with Crippen molar-refractivity contribution in [3.05, 3.63) is 71.6 Å². The average molecular weight is 435 g/mol. The van der Waals surface area contributed by atoms with Gasteiger partial charge in [-0.1, -0.05) is 12.1 Å². The lowest BCUT2D eigenvalue weighted by Crippen LogP contribution is -2.43. The number of halogens is 1. The maximum Gasteiger partial charge on any atom is 0.276 e. The number of sulfonamides is 1. The van der Waals surface area contributed by atoms with Gasteiger partial charge < -0.3 is 4.74 Å². The van der Waals surface area contributed by atoms with E-state index in [1.165, 1.54) is 6.08 Å². The molecule has 0 aromatic heterocycles. The van der Waals surface area contributed by atoms with E-state index in [1.807, 2.05) is 19.9 Å². The zero-order valence-corrected chi connectivity index (χ0v) is 17.3. The Morgan fingerprint density at radius 2 is 1.83 bits per heavy atom. The molecule has 2 rings (SSSR count). The summed E-state index contributed by atoms with van der Waals surface area (Å²) >= 11 is 0. The molecule has 0 bridgehead atoms. The van der Waals surface area contributed by atoms with E-state index < -0.39 is 32.6 Å². The molecule has 3 N–H and O–H groups in total. The molecule has 0 heterocycles. The van der Waals surface area contributed by atoms with Gasteiger partial charge in [-0.05, 0) is 55.3 Å². The molecule has 10 heteroatoms. The number of ether oxygens (including phenoxy) is 1. The summed E-state index contributed by atoms with van der Waals surface area (Å²) < 4.78 is 45.6. The molecule has 8 nitrogen and oxygen atoms in total. The van der Waals surface area contributed by atoms with E-state index in [0.717, 1.165) is 29.3 Å². The first-order valence-corrected chi connectivity index (χ1v) is 10.3. The van der Waals surface area contributed by atoms with Gasteiger partial charge in [-0.3, -0.25) is 20.4 Å². The summed E-state index contributed by atoms with van der Waals surface area (Å²) in [5.41, 5.74) is 6.20. The molecular formula is C20H22FN3O5S. The lowest BCUT2D eigenvalue weighted by atomic mass is 10.1. The third-order valence-corrected chi connectivity index (χ3v) is 5.50. The second-order valence-electron chi connectivity index (χ2n) is 6.32. The van der Waals surface area contributed by atoms with Crippen molar-refractivity contribution in [2.24, 2.45) is 0 Å². The van der Waals surface area contributed by atoms with Gasteiger partial charge in [0.2, 0.25) is 10.0 Å². The van der Waals surface area contributed by atoms with Crippen LogP contribution in [0.5, 0.6) is 5.75 Å². The van der Waals surface area contributed by atoms with Crippen LogP contribution >= 0.6 is 0 Å². The molecule has 0 saturated carbocycles. The molecule has 2 amide bonds. The van der Waals surface area contributed by atoms with Gasteiger partial charge in [0.1, 0.15) is 16.5 Å². The molecule has 2 aromatic rings. The second-order valence-corrected chi connectivity index (χ2v) is 8.06. The second kappa shape index (κ2) is 9.99. The number of benzene rings is 2. The first-order valence-electron chi connectivity index (χ1n) is 8.83. The van der Waals surface area contributed by atoms with Crippen LogP contribution in [0.25, 0.3) is 0 Å². The van der Waals surface area contributed by atoms with Crippen LogP contribution in [-0.4, -0.2) is 33.4 Å². The summed E-state index contributed by atoms with van der Waals surface area (Å²) in [7, 11) is -4.17. The lowest BCUT2D eigenvalue weighted by Gasteiger charge is -2.11. The van der Waals surface area contributed by atoms with E-state index in [-0.39, 0.29) is 18.7 Å². The first-order chi connectivity index (χ1) is 14.1. The summed E-state index contributed by atoms with van der Waals surface area (Å²) in [6, 6.07) is 8.16. The summed E-state index contributed by atoms with van der Waals surface area (Å²) in [4.78, 5) is 23.4. The first kappa shape index (κ1) is 23.0. The summed E-state index contributed by atoms with van der Waals surface area (Å²) in [5.74, 6) is -1.98. The fourth-order valence-electron chi connectivity index (χ4n) is 2.28. The highest BCUT2D eigenvalue weighted by Crippen LogP contribution is 2.17. The van der Waals surface area contributed by atoms with Crippen molar-refractivity contribution in [1.29, 1.82) is 0 Å². The Hall–Kier alpha value is -3.24. The topological polar surface area (TPSA) is 114 Å². The van der Waals surface area contributed by atoms with Crippen molar-refractivity contribution in [2.45, 2.75) is 18.7 Å². The molecular weight excluding hydrogens is 413 g/mol. The van der Waals surface area contributed by atoms with Crippen molar-refractivity contribution >= 4 is 21.8 Å². The van der Waals surface area contributed by atoms with Crippen LogP contribution in [0.3, 0.4) is 0 Å². The Bertz CT molecular complexity index is 1070. The number of aryl methyl sites for hydroxylation is 2. The molecule has 0 spiro atoms. The predicted octanol–water partition coefficient (Wildman–Crippen LogP) is 1.75.